The Hall–Kier alpha value is -4.78. The first-order chi connectivity index (χ1) is 19.4. The molecule has 7 aromatic rings. The van der Waals surface area contributed by atoms with E-state index in [2.05, 4.69) is 9.97 Å². The van der Waals surface area contributed by atoms with Crippen LogP contribution in [0, 0.1) is 0 Å². The molecule has 0 spiro atoms. The molecule has 5 aromatic carbocycles. The zero-order valence-corrected chi connectivity index (χ0v) is 22.1. The first kappa shape index (κ1) is 24.3. The number of para-hydroxylation sites is 2. The molecule has 0 fully saturated rings. The molecule has 0 aliphatic heterocycles. The smallest absolute Gasteiger partial charge is 0.197 e. The van der Waals surface area contributed by atoms with E-state index in [9.17, 15) is 9.59 Å². The van der Waals surface area contributed by atoms with Crippen molar-refractivity contribution in [1.29, 1.82) is 0 Å². The number of halogens is 2. The molecule has 7 rings (SSSR count). The number of fused-ring (bicyclic) bond motifs is 4. The number of aromatic nitrogens is 2. The number of H-pyrrole nitrogens is 2. The van der Waals surface area contributed by atoms with Crippen LogP contribution in [0.4, 0.5) is 0 Å². The summed E-state index contributed by atoms with van der Waals surface area (Å²) in [6.45, 7) is 0. The van der Waals surface area contributed by atoms with Crippen LogP contribution in [0.15, 0.2) is 107 Å². The second-order valence-electron chi connectivity index (χ2n) is 9.32. The van der Waals surface area contributed by atoms with Crippen molar-refractivity contribution in [3.63, 3.8) is 0 Å². The quantitative estimate of drug-likeness (QED) is 0.210. The van der Waals surface area contributed by atoms with E-state index in [1.165, 1.54) is 0 Å². The molecule has 6 nitrogen and oxygen atoms in total. The highest BCUT2D eigenvalue weighted by Crippen LogP contribution is 2.32. The SMILES string of the molecule is O=c1c2cc3[nH]c4c(Oc5ccc(Cl)cc5)cccc4c(=O)c3cc2[nH]c2c(Oc3ccc(Cl)cc3)cccc12. The lowest BCUT2D eigenvalue weighted by atomic mass is 10.0. The Labute approximate surface area is 236 Å². The molecule has 2 N–H and O–H groups in total. The van der Waals surface area contributed by atoms with Gasteiger partial charge in [-0.05, 0) is 84.9 Å². The second kappa shape index (κ2) is 9.45. The molecule has 2 heterocycles. The normalized spacial score (nSPS) is 11.4. The lowest BCUT2D eigenvalue weighted by molar-refractivity contribution is 0.487. The van der Waals surface area contributed by atoms with Crippen LogP contribution in [0.2, 0.25) is 10.0 Å². The molecule has 8 heteroatoms. The number of benzene rings is 5. The van der Waals surface area contributed by atoms with Crippen LogP contribution < -0.4 is 20.3 Å². The van der Waals surface area contributed by atoms with Crippen molar-refractivity contribution < 1.29 is 9.47 Å². The van der Waals surface area contributed by atoms with Crippen LogP contribution in [0.1, 0.15) is 0 Å². The molecule has 0 saturated heterocycles. The summed E-state index contributed by atoms with van der Waals surface area (Å²) in [5.74, 6) is 2.12. The third-order valence-electron chi connectivity index (χ3n) is 6.79. The standard InChI is InChI=1S/C32H18Cl2N2O4/c33-17-7-11-19(12-8-17)39-27-5-1-3-21-29(27)35-25-16-24-26(15-23(25)31(21)37)36-30-22(32(24)38)4-2-6-28(30)40-20-13-9-18(34)10-14-20/h1-16H,(H,35,37)(H,36,38). The van der Waals surface area contributed by atoms with Crippen molar-refractivity contribution in [3.8, 4) is 23.0 Å². The van der Waals surface area contributed by atoms with Gasteiger partial charge in [-0.2, -0.15) is 0 Å². The van der Waals surface area contributed by atoms with Crippen molar-refractivity contribution in [1.82, 2.24) is 9.97 Å². The molecule has 0 unspecified atom stereocenters. The Balaban J connectivity index is 1.41. The van der Waals surface area contributed by atoms with Gasteiger partial charge in [0.05, 0.1) is 22.1 Å². The topological polar surface area (TPSA) is 84.2 Å². The molecule has 0 bridgehead atoms. The van der Waals surface area contributed by atoms with Crippen LogP contribution in [0.3, 0.4) is 0 Å². The second-order valence-corrected chi connectivity index (χ2v) is 10.2. The highest BCUT2D eigenvalue weighted by molar-refractivity contribution is 6.30. The number of aromatic amines is 2. The number of rotatable bonds is 4. The number of hydrogen-bond acceptors (Lipinski definition) is 4. The van der Waals surface area contributed by atoms with Crippen LogP contribution in [0.5, 0.6) is 23.0 Å². The summed E-state index contributed by atoms with van der Waals surface area (Å²) in [4.78, 5) is 33.9. The van der Waals surface area contributed by atoms with E-state index in [0.29, 0.717) is 76.7 Å². The van der Waals surface area contributed by atoms with E-state index in [1.807, 2.05) is 0 Å². The summed E-state index contributed by atoms with van der Waals surface area (Å²) in [6, 6.07) is 27.9. The first-order valence-corrected chi connectivity index (χ1v) is 13.1. The zero-order chi connectivity index (χ0) is 27.4. The van der Waals surface area contributed by atoms with E-state index in [-0.39, 0.29) is 10.9 Å². The van der Waals surface area contributed by atoms with Gasteiger partial charge in [0.15, 0.2) is 22.4 Å². The average molecular weight is 565 g/mol. The summed E-state index contributed by atoms with van der Waals surface area (Å²) in [5, 5.41) is 3.00. The molecule has 0 amide bonds. The van der Waals surface area contributed by atoms with Crippen molar-refractivity contribution in [3.05, 3.63) is 128 Å². The van der Waals surface area contributed by atoms with Crippen LogP contribution in [-0.2, 0) is 0 Å². The number of pyridine rings is 2. The Morgan fingerprint density at radius 2 is 0.900 bits per heavy atom. The van der Waals surface area contributed by atoms with E-state index in [4.69, 9.17) is 32.7 Å². The van der Waals surface area contributed by atoms with Crippen LogP contribution in [-0.4, -0.2) is 9.97 Å². The molecule has 194 valence electrons. The molecule has 0 radical (unpaired) electrons. The minimum atomic E-state index is -0.182. The monoisotopic (exact) mass is 564 g/mol. The predicted octanol–water partition coefficient (Wildman–Crippen LogP) is 8.57. The van der Waals surface area contributed by atoms with Gasteiger partial charge in [-0.25, -0.2) is 0 Å². The van der Waals surface area contributed by atoms with Crippen LogP contribution >= 0.6 is 23.2 Å². The largest absolute Gasteiger partial charge is 0.455 e. The van der Waals surface area contributed by atoms with Crippen molar-refractivity contribution >= 4 is 66.8 Å². The predicted molar refractivity (Wildman–Crippen MR) is 161 cm³/mol. The molecule has 0 aliphatic carbocycles. The summed E-state index contributed by atoms with van der Waals surface area (Å²) in [5.41, 5.74) is 1.75. The van der Waals surface area contributed by atoms with Gasteiger partial charge in [-0.15, -0.1) is 0 Å². The molecule has 2 aromatic heterocycles. The van der Waals surface area contributed by atoms with Crippen LogP contribution in [0.25, 0.3) is 43.6 Å². The Bertz CT molecular complexity index is 2060. The summed E-state index contributed by atoms with van der Waals surface area (Å²) in [7, 11) is 0. The fourth-order valence-corrected chi connectivity index (χ4v) is 5.12. The lowest BCUT2D eigenvalue weighted by Crippen LogP contribution is -2.09. The maximum Gasteiger partial charge on any atom is 0.197 e. The number of hydrogen-bond donors (Lipinski definition) is 2. The van der Waals surface area contributed by atoms with Gasteiger partial charge in [0.25, 0.3) is 0 Å². The average Bonchev–Trinajstić information content (AvgIpc) is 2.96. The molecule has 0 saturated carbocycles. The number of ether oxygens (including phenoxy) is 2. The van der Waals surface area contributed by atoms with Gasteiger partial charge < -0.3 is 19.4 Å². The van der Waals surface area contributed by atoms with E-state index in [1.54, 1.807) is 97.1 Å². The lowest BCUT2D eigenvalue weighted by Gasteiger charge is -2.12. The molecule has 0 aliphatic rings. The summed E-state index contributed by atoms with van der Waals surface area (Å²) < 4.78 is 12.1. The van der Waals surface area contributed by atoms with Crippen molar-refractivity contribution in [2.75, 3.05) is 0 Å². The summed E-state index contributed by atoms with van der Waals surface area (Å²) >= 11 is 12.0. The Kier molecular flexibility index (Phi) is 5.73. The maximum absolute atomic E-state index is 13.6. The highest BCUT2D eigenvalue weighted by atomic mass is 35.5. The molecular weight excluding hydrogens is 547 g/mol. The van der Waals surface area contributed by atoms with E-state index in [0.717, 1.165) is 0 Å². The fourth-order valence-electron chi connectivity index (χ4n) is 4.87. The van der Waals surface area contributed by atoms with E-state index < -0.39 is 0 Å². The Morgan fingerprint density at radius 1 is 0.500 bits per heavy atom. The number of nitrogens with one attached hydrogen (secondary N) is 2. The highest BCUT2D eigenvalue weighted by Gasteiger charge is 2.15. The minimum absolute atomic E-state index is 0.182. The Morgan fingerprint density at radius 3 is 1.30 bits per heavy atom. The third-order valence-corrected chi connectivity index (χ3v) is 7.29. The zero-order valence-electron chi connectivity index (χ0n) is 20.6. The first-order valence-electron chi connectivity index (χ1n) is 12.4. The van der Waals surface area contributed by atoms with Gasteiger partial charge in [0, 0.05) is 31.6 Å². The van der Waals surface area contributed by atoms with Gasteiger partial charge in [-0.1, -0.05) is 35.3 Å². The molecular formula is C32H18Cl2N2O4. The third kappa shape index (κ3) is 4.14. The molecule has 0 atom stereocenters. The maximum atomic E-state index is 13.6. The minimum Gasteiger partial charge on any atom is -0.455 e. The van der Waals surface area contributed by atoms with Crippen molar-refractivity contribution in [2.45, 2.75) is 0 Å². The van der Waals surface area contributed by atoms with Gasteiger partial charge in [-0.3, -0.25) is 9.59 Å². The van der Waals surface area contributed by atoms with Gasteiger partial charge >= 0.3 is 0 Å². The van der Waals surface area contributed by atoms with Gasteiger partial charge in [0.2, 0.25) is 0 Å². The van der Waals surface area contributed by atoms with Crippen molar-refractivity contribution in [2.24, 2.45) is 0 Å². The molecule has 40 heavy (non-hydrogen) atoms. The van der Waals surface area contributed by atoms with Gasteiger partial charge in [0.1, 0.15) is 11.5 Å². The van der Waals surface area contributed by atoms with E-state index >= 15 is 0 Å². The summed E-state index contributed by atoms with van der Waals surface area (Å²) in [6.07, 6.45) is 0. The fraction of sp³-hybridized carbons (Fsp3) is 0.